The van der Waals surface area contributed by atoms with Crippen molar-refractivity contribution in [2.45, 2.75) is 25.3 Å². The maximum Gasteiger partial charge on any atom is 0.167 e. The number of anilines is 1. The third-order valence-corrected chi connectivity index (χ3v) is 3.37. The van der Waals surface area contributed by atoms with E-state index in [1.807, 2.05) is 0 Å². The highest BCUT2D eigenvalue weighted by atomic mass is 19.1. The number of hydrogen-bond donors (Lipinski definition) is 0. The Bertz CT molecular complexity index is 430. The number of benzene rings is 1. The van der Waals surface area contributed by atoms with E-state index >= 15 is 0 Å². The van der Waals surface area contributed by atoms with E-state index in [0.29, 0.717) is 18.0 Å². The predicted octanol–water partition coefficient (Wildman–Crippen LogP) is 2.38. The van der Waals surface area contributed by atoms with Crippen LogP contribution in [0.15, 0.2) is 18.2 Å². The molecule has 2 heterocycles. The summed E-state index contributed by atoms with van der Waals surface area (Å²) in [6.07, 6.45) is 2.77. The third kappa shape index (κ3) is 1.26. The molecule has 0 saturated carbocycles. The number of nitrogens with zero attached hydrogens (tertiary/aromatic N) is 1. The number of ketones is 1. The van der Waals surface area contributed by atoms with Crippen LogP contribution in [0, 0.1) is 5.82 Å². The summed E-state index contributed by atoms with van der Waals surface area (Å²) in [6.45, 7) is 0.997. The standard InChI is InChI=1S/C12H12FNO/c13-8-3-4-11-10(6-8)12(15)7-9-2-1-5-14(9)11/h3-4,6,9H,1-2,5,7H2. The Morgan fingerprint density at radius 2 is 2.27 bits per heavy atom. The molecule has 2 aliphatic rings. The minimum absolute atomic E-state index is 0.0904. The molecular formula is C12H12FNO. The Kier molecular flexibility index (Phi) is 1.81. The second-order valence-electron chi connectivity index (χ2n) is 4.28. The second kappa shape index (κ2) is 3.05. The number of hydrogen-bond acceptors (Lipinski definition) is 2. The zero-order valence-electron chi connectivity index (χ0n) is 8.37. The lowest BCUT2D eigenvalue weighted by atomic mass is 9.95. The average Bonchev–Trinajstić information content (AvgIpc) is 2.66. The van der Waals surface area contributed by atoms with Gasteiger partial charge in [-0.25, -0.2) is 4.39 Å². The smallest absolute Gasteiger partial charge is 0.167 e. The Morgan fingerprint density at radius 3 is 3.13 bits per heavy atom. The van der Waals surface area contributed by atoms with Gasteiger partial charge < -0.3 is 4.90 Å². The van der Waals surface area contributed by atoms with Crippen molar-refractivity contribution in [3.63, 3.8) is 0 Å². The molecule has 2 aliphatic heterocycles. The van der Waals surface area contributed by atoms with Crippen LogP contribution in [-0.4, -0.2) is 18.4 Å². The van der Waals surface area contributed by atoms with Gasteiger partial charge >= 0.3 is 0 Å². The molecule has 1 unspecified atom stereocenters. The van der Waals surface area contributed by atoms with Gasteiger partial charge in [0.2, 0.25) is 0 Å². The first-order valence-corrected chi connectivity index (χ1v) is 5.35. The molecule has 0 spiro atoms. The van der Waals surface area contributed by atoms with Gasteiger partial charge in [-0.3, -0.25) is 4.79 Å². The van der Waals surface area contributed by atoms with Crippen LogP contribution in [0.4, 0.5) is 10.1 Å². The van der Waals surface area contributed by atoms with Crippen molar-refractivity contribution >= 4 is 11.5 Å². The van der Waals surface area contributed by atoms with Crippen LogP contribution in [0.3, 0.4) is 0 Å². The zero-order valence-corrected chi connectivity index (χ0v) is 8.37. The van der Waals surface area contributed by atoms with Crippen LogP contribution in [0.25, 0.3) is 0 Å². The number of carbonyl (C=O) groups is 1. The molecule has 0 aromatic heterocycles. The highest BCUT2D eigenvalue weighted by Crippen LogP contribution is 2.36. The van der Waals surface area contributed by atoms with Gasteiger partial charge in [0.25, 0.3) is 0 Å². The number of halogens is 1. The van der Waals surface area contributed by atoms with Crippen LogP contribution in [-0.2, 0) is 0 Å². The lowest BCUT2D eigenvalue weighted by Gasteiger charge is -2.32. The number of carbonyl (C=O) groups excluding carboxylic acids is 1. The Labute approximate surface area is 87.7 Å². The lowest BCUT2D eigenvalue weighted by Crippen LogP contribution is -2.36. The first kappa shape index (κ1) is 8.89. The zero-order chi connectivity index (χ0) is 10.4. The summed E-state index contributed by atoms with van der Waals surface area (Å²) in [5.74, 6) is -0.229. The van der Waals surface area contributed by atoms with Gasteiger partial charge in [-0.2, -0.15) is 0 Å². The van der Waals surface area contributed by atoms with Crippen molar-refractivity contribution < 1.29 is 9.18 Å². The Hall–Kier alpha value is -1.38. The molecule has 3 heteroatoms. The quantitative estimate of drug-likeness (QED) is 0.648. The molecule has 0 amide bonds. The van der Waals surface area contributed by atoms with Crippen LogP contribution < -0.4 is 4.90 Å². The fraction of sp³-hybridized carbons (Fsp3) is 0.417. The Morgan fingerprint density at radius 1 is 1.40 bits per heavy atom. The SMILES string of the molecule is O=C1CC2CCCN2c2ccc(F)cc21. The summed E-state index contributed by atoms with van der Waals surface area (Å²) in [6, 6.07) is 4.90. The van der Waals surface area contributed by atoms with E-state index in [4.69, 9.17) is 0 Å². The van der Waals surface area contributed by atoms with Gasteiger partial charge in [0.05, 0.1) is 0 Å². The first-order valence-electron chi connectivity index (χ1n) is 5.35. The predicted molar refractivity (Wildman–Crippen MR) is 55.7 cm³/mol. The first-order chi connectivity index (χ1) is 7.25. The largest absolute Gasteiger partial charge is 0.367 e. The normalized spacial score (nSPS) is 23.9. The van der Waals surface area contributed by atoms with Crippen molar-refractivity contribution in [2.75, 3.05) is 11.4 Å². The van der Waals surface area contributed by atoms with Crippen molar-refractivity contribution in [1.29, 1.82) is 0 Å². The topological polar surface area (TPSA) is 20.3 Å². The highest BCUT2D eigenvalue weighted by molar-refractivity contribution is 6.03. The molecule has 1 aromatic carbocycles. The molecule has 1 atom stereocenters. The van der Waals surface area contributed by atoms with Gasteiger partial charge in [-0.1, -0.05) is 0 Å². The number of fused-ring (bicyclic) bond motifs is 3. The molecule has 0 N–H and O–H groups in total. The molecular weight excluding hydrogens is 193 g/mol. The maximum absolute atomic E-state index is 13.0. The van der Waals surface area contributed by atoms with E-state index in [9.17, 15) is 9.18 Å². The van der Waals surface area contributed by atoms with Crippen molar-refractivity contribution in [3.05, 3.63) is 29.6 Å². The minimum Gasteiger partial charge on any atom is -0.367 e. The molecule has 0 radical (unpaired) electrons. The van der Waals surface area contributed by atoms with Crippen LogP contribution in [0.1, 0.15) is 29.6 Å². The average molecular weight is 205 g/mol. The molecule has 15 heavy (non-hydrogen) atoms. The lowest BCUT2D eigenvalue weighted by molar-refractivity contribution is 0.0968. The third-order valence-electron chi connectivity index (χ3n) is 3.37. The molecule has 1 aromatic rings. The summed E-state index contributed by atoms with van der Waals surface area (Å²) < 4.78 is 13.0. The highest BCUT2D eigenvalue weighted by Gasteiger charge is 2.34. The van der Waals surface area contributed by atoms with Gasteiger partial charge in [0.15, 0.2) is 5.78 Å². The fourth-order valence-corrected chi connectivity index (χ4v) is 2.67. The monoisotopic (exact) mass is 205 g/mol. The van der Waals surface area contributed by atoms with E-state index in [1.54, 1.807) is 6.07 Å². The molecule has 1 fully saturated rings. The van der Waals surface area contributed by atoms with Crippen molar-refractivity contribution in [1.82, 2.24) is 0 Å². The molecule has 3 rings (SSSR count). The van der Waals surface area contributed by atoms with Gasteiger partial charge in [-0.15, -0.1) is 0 Å². The molecule has 0 aliphatic carbocycles. The van der Waals surface area contributed by atoms with E-state index in [-0.39, 0.29) is 11.6 Å². The summed E-state index contributed by atoms with van der Waals surface area (Å²) in [4.78, 5) is 14.0. The second-order valence-corrected chi connectivity index (χ2v) is 4.28. The van der Waals surface area contributed by atoms with Crippen LogP contribution >= 0.6 is 0 Å². The maximum atomic E-state index is 13.0. The van der Waals surface area contributed by atoms with Crippen molar-refractivity contribution in [2.24, 2.45) is 0 Å². The van der Waals surface area contributed by atoms with Crippen LogP contribution in [0.2, 0.25) is 0 Å². The van der Waals surface area contributed by atoms with E-state index in [1.165, 1.54) is 12.1 Å². The van der Waals surface area contributed by atoms with E-state index in [0.717, 1.165) is 25.1 Å². The van der Waals surface area contributed by atoms with E-state index < -0.39 is 0 Å². The van der Waals surface area contributed by atoms with E-state index in [2.05, 4.69) is 4.90 Å². The van der Waals surface area contributed by atoms with Gasteiger partial charge in [-0.05, 0) is 31.0 Å². The number of rotatable bonds is 0. The summed E-state index contributed by atoms with van der Waals surface area (Å²) in [7, 11) is 0. The van der Waals surface area contributed by atoms with Crippen LogP contribution in [0.5, 0.6) is 0 Å². The molecule has 0 bridgehead atoms. The molecule has 1 saturated heterocycles. The van der Waals surface area contributed by atoms with Crippen molar-refractivity contribution in [3.8, 4) is 0 Å². The summed E-state index contributed by atoms with van der Waals surface area (Å²) >= 11 is 0. The molecule has 2 nitrogen and oxygen atoms in total. The van der Waals surface area contributed by atoms with Gasteiger partial charge in [0.1, 0.15) is 5.82 Å². The number of Topliss-reactive ketones (excluding diaryl/α,β-unsaturated/α-hetero) is 1. The Balaban J connectivity index is 2.14. The fourth-order valence-electron chi connectivity index (χ4n) is 2.67. The van der Waals surface area contributed by atoms with Gasteiger partial charge in [0, 0.05) is 30.3 Å². The summed E-state index contributed by atoms with van der Waals surface area (Å²) in [5, 5.41) is 0. The minimum atomic E-state index is -0.320. The molecule has 78 valence electrons. The summed E-state index contributed by atoms with van der Waals surface area (Å²) in [5.41, 5.74) is 1.49.